The van der Waals surface area contributed by atoms with Crippen LogP contribution in [0.4, 0.5) is 28.8 Å². The Bertz CT molecular complexity index is 901. The van der Waals surface area contributed by atoms with E-state index in [-0.39, 0.29) is 0 Å². The third-order valence-corrected chi connectivity index (χ3v) is 4.48. The number of nitrogens with zero attached hydrogens (tertiary/aromatic N) is 3. The van der Waals surface area contributed by atoms with Gasteiger partial charge in [0.1, 0.15) is 5.82 Å². The number of nitrogens with one attached hydrogen (secondary N) is 2. The Morgan fingerprint density at radius 2 is 1.67 bits per heavy atom. The smallest absolute Gasteiger partial charge is 0.229 e. The average Bonchev–Trinajstić information content (AvgIpc) is 2.64. The molecule has 2 N–H and O–H groups in total. The molecule has 0 fully saturated rings. The van der Waals surface area contributed by atoms with Crippen molar-refractivity contribution in [2.24, 2.45) is 0 Å². The van der Waals surface area contributed by atoms with Crippen LogP contribution >= 0.6 is 0 Å². The van der Waals surface area contributed by atoms with Crippen molar-refractivity contribution in [2.45, 2.75) is 26.7 Å². The van der Waals surface area contributed by atoms with Crippen LogP contribution in [0.1, 0.15) is 30.9 Å². The molecule has 3 aromatic rings. The first-order valence-electron chi connectivity index (χ1n) is 9.18. The zero-order chi connectivity index (χ0) is 19.4. The fourth-order valence-corrected chi connectivity index (χ4v) is 2.93. The molecule has 0 saturated heterocycles. The Labute approximate surface area is 161 Å². The van der Waals surface area contributed by atoms with Crippen molar-refractivity contribution in [3.63, 3.8) is 0 Å². The summed E-state index contributed by atoms with van der Waals surface area (Å²) in [4.78, 5) is 11.1. The highest BCUT2D eigenvalue weighted by atomic mass is 15.1. The lowest BCUT2D eigenvalue weighted by Gasteiger charge is -2.17. The summed E-state index contributed by atoms with van der Waals surface area (Å²) in [5, 5.41) is 6.74. The Hall–Kier alpha value is -3.08. The molecular weight excluding hydrogens is 334 g/mol. The molecule has 3 rings (SSSR count). The molecule has 0 amide bonds. The van der Waals surface area contributed by atoms with Gasteiger partial charge in [0.05, 0.1) is 0 Å². The highest BCUT2D eigenvalue weighted by molar-refractivity contribution is 5.66. The fourth-order valence-electron chi connectivity index (χ4n) is 2.93. The average molecular weight is 361 g/mol. The van der Waals surface area contributed by atoms with Gasteiger partial charge in [0.25, 0.3) is 0 Å². The van der Waals surface area contributed by atoms with Crippen molar-refractivity contribution in [1.29, 1.82) is 0 Å². The molecule has 0 saturated carbocycles. The predicted octanol–water partition coefficient (Wildman–Crippen LogP) is 5.46. The summed E-state index contributed by atoms with van der Waals surface area (Å²) in [6, 6.07) is 16.4. The number of hydrogen-bond acceptors (Lipinski definition) is 5. The minimum Gasteiger partial charge on any atom is -0.378 e. The number of hydrogen-bond donors (Lipinski definition) is 2. The van der Waals surface area contributed by atoms with Crippen LogP contribution in [0, 0.1) is 6.92 Å². The van der Waals surface area contributed by atoms with E-state index in [1.54, 1.807) is 6.20 Å². The van der Waals surface area contributed by atoms with Crippen LogP contribution in [0.15, 0.2) is 54.7 Å². The monoisotopic (exact) mass is 361 g/mol. The number of rotatable bonds is 6. The molecule has 27 heavy (non-hydrogen) atoms. The van der Waals surface area contributed by atoms with Gasteiger partial charge in [0.15, 0.2) is 0 Å². The quantitative estimate of drug-likeness (QED) is 0.610. The van der Waals surface area contributed by atoms with E-state index < -0.39 is 0 Å². The van der Waals surface area contributed by atoms with Gasteiger partial charge in [0.2, 0.25) is 5.95 Å². The highest BCUT2D eigenvalue weighted by Gasteiger charge is 2.10. The molecule has 0 bridgehead atoms. The maximum absolute atomic E-state index is 4.62. The van der Waals surface area contributed by atoms with Gasteiger partial charge in [-0.3, -0.25) is 0 Å². The fraction of sp³-hybridized carbons (Fsp3) is 0.273. The van der Waals surface area contributed by atoms with Gasteiger partial charge >= 0.3 is 0 Å². The Balaban J connectivity index is 1.80. The van der Waals surface area contributed by atoms with Crippen molar-refractivity contribution in [3.05, 3.63) is 65.9 Å². The summed E-state index contributed by atoms with van der Waals surface area (Å²) < 4.78 is 0. The lowest BCUT2D eigenvalue weighted by Crippen LogP contribution is -2.08. The molecule has 5 nitrogen and oxygen atoms in total. The zero-order valence-corrected chi connectivity index (χ0v) is 16.6. The largest absolute Gasteiger partial charge is 0.378 e. The molecular formula is C22H27N5. The van der Waals surface area contributed by atoms with Gasteiger partial charge in [-0.15, -0.1) is 0 Å². The second-order valence-electron chi connectivity index (χ2n) is 7.15. The Morgan fingerprint density at radius 3 is 2.33 bits per heavy atom. The van der Waals surface area contributed by atoms with Crippen LogP contribution in [0.25, 0.3) is 0 Å². The van der Waals surface area contributed by atoms with E-state index in [9.17, 15) is 0 Å². The molecule has 1 heterocycles. The van der Waals surface area contributed by atoms with Crippen LogP contribution in [0.2, 0.25) is 0 Å². The second kappa shape index (κ2) is 8.08. The molecule has 140 valence electrons. The Morgan fingerprint density at radius 1 is 0.926 bits per heavy atom. The molecule has 0 unspecified atom stereocenters. The number of benzene rings is 2. The van der Waals surface area contributed by atoms with Gasteiger partial charge in [-0.25, -0.2) is 4.98 Å². The second-order valence-corrected chi connectivity index (χ2v) is 7.15. The summed E-state index contributed by atoms with van der Waals surface area (Å²) in [6.45, 7) is 6.48. The SMILES string of the molecule is Cc1cccc(C(C)C)c1Nc1nccc(Nc2ccc(N(C)C)cc2)n1. The van der Waals surface area contributed by atoms with E-state index in [1.165, 1.54) is 11.1 Å². The maximum atomic E-state index is 4.62. The van der Waals surface area contributed by atoms with E-state index >= 15 is 0 Å². The van der Waals surface area contributed by atoms with Crippen LogP contribution < -0.4 is 15.5 Å². The van der Waals surface area contributed by atoms with Gasteiger partial charge < -0.3 is 15.5 Å². The summed E-state index contributed by atoms with van der Waals surface area (Å²) in [5.41, 5.74) is 5.68. The minimum absolute atomic E-state index is 0.420. The first-order valence-corrected chi connectivity index (χ1v) is 9.18. The van der Waals surface area contributed by atoms with Crippen molar-refractivity contribution in [3.8, 4) is 0 Å². The Kier molecular flexibility index (Phi) is 5.60. The van der Waals surface area contributed by atoms with Crippen molar-refractivity contribution >= 4 is 28.8 Å². The van der Waals surface area contributed by atoms with Crippen molar-refractivity contribution in [1.82, 2.24) is 9.97 Å². The summed E-state index contributed by atoms with van der Waals surface area (Å²) in [6.07, 6.45) is 1.76. The lowest BCUT2D eigenvalue weighted by atomic mass is 9.98. The van der Waals surface area contributed by atoms with Crippen LogP contribution in [-0.4, -0.2) is 24.1 Å². The van der Waals surface area contributed by atoms with Crippen molar-refractivity contribution in [2.75, 3.05) is 29.6 Å². The number of aryl methyl sites for hydroxylation is 1. The molecule has 0 aliphatic carbocycles. The van der Waals surface area contributed by atoms with Gasteiger partial charge in [0, 0.05) is 37.4 Å². The molecule has 0 atom stereocenters. The summed E-state index contributed by atoms with van der Waals surface area (Å²) >= 11 is 0. The third-order valence-electron chi connectivity index (χ3n) is 4.48. The normalized spacial score (nSPS) is 10.7. The maximum Gasteiger partial charge on any atom is 0.229 e. The van der Waals surface area contributed by atoms with Crippen LogP contribution in [0.3, 0.4) is 0 Å². The molecule has 0 radical (unpaired) electrons. The number of para-hydroxylation sites is 1. The minimum atomic E-state index is 0.420. The molecule has 2 aromatic carbocycles. The predicted molar refractivity (Wildman–Crippen MR) is 115 cm³/mol. The number of anilines is 5. The van der Waals surface area contributed by atoms with Crippen molar-refractivity contribution < 1.29 is 0 Å². The van der Waals surface area contributed by atoms with Gasteiger partial charge in [-0.2, -0.15) is 4.98 Å². The van der Waals surface area contributed by atoms with Crippen LogP contribution in [-0.2, 0) is 0 Å². The van der Waals surface area contributed by atoms with E-state index in [2.05, 4.69) is 76.6 Å². The first-order chi connectivity index (χ1) is 12.9. The van der Waals surface area contributed by atoms with E-state index in [4.69, 9.17) is 0 Å². The van der Waals surface area contributed by atoms with E-state index in [0.29, 0.717) is 11.9 Å². The third kappa shape index (κ3) is 4.56. The van der Waals surface area contributed by atoms with E-state index in [1.807, 2.05) is 32.3 Å². The van der Waals surface area contributed by atoms with Gasteiger partial charge in [-0.05, 0) is 54.3 Å². The van der Waals surface area contributed by atoms with Crippen LogP contribution in [0.5, 0.6) is 0 Å². The summed E-state index contributed by atoms with van der Waals surface area (Å²) in [5.74, 6) is 1.76. The standard InChI is InChI=1S/C22H27N5/c1-15(2)19-8-6-7-16(3)21(19)26-22-23-14-13-20(25-22)24-17-9-11-18(12-10-17)27(4)5/h6-15H,1-5H3,(H2,23,24,25,26). The highest BCUT2D eigenvalue weighted by Crippen LogP contribution is 2.29. The number of aromatic nitrogens is 2. The zero-order valence-electron chi connectivity index (χ0n) is 16.6. The molecule has 0 aliphatic rings. The molecule has 1 aromatic heterocycles. The lowest BCUT2D eigenvalue weighted by molar-refractivity contribution is 0.866. The topological polar surface area (TPSA) is 53.1 Å². The molecule has 5 heteroatoms. The van der Waals surface area contributed by atoms with E-state index in [0.717, 1.165) is 22.9 Å². The molecule has 0 spiro atoms. The van der Waals surface area contributed by atoms with Gasteiger partial charge in [-0.1, -0.05) is 32.0 Å². The molecule has 0 aliphatic heterocycles. The summed E-state index contributed by atoms with van der Waals surface area (Å²) in [7, 11) is 4.06. The first kappa shape index (κ1) is 18.7.